The lowest BCUT2D eigenvalue weighted by Gasteiger charge is -2.34. The predicted octanol–water partition coefficient (Wildman–Crippen LogP) is -0.355. The third kappa shape index (κ3) is 1.50. The minimum Gasteiger partial charge on any atom is -0.396 e. The molecule has 3 rings (SSSR count). The van der Waals surface area contributed by atoms with Gasteiger partial charge in [-0.1, -0.05) is 0 Å². The molecule has 7 heteroatoms. The van der Waals surface area contributed by atoms with Gasteiger partial charge in [-0.3, -0.25) is 9.78 Å². The highest BCUT2D eigenvalue weighted by molar-refractivity contribution is 5.70. The number of aromatic amines is 1. The van der Waals surface area contributed by atoms with Crippen molar-refractivity contribution in [1.29, 1.82) is 0 Å². The van der Waals surface area contributed by atoms with Crippen molar-refractivity contribution >= 4 is 17.1 Å². The topological polar surface area (TPSA) is 110 Å². The third-order valence-electron chi connectivity index (χ3n) is 3.31. The van der Waals surface area contributed by atoms with Crippen LogP contribution in [0.2, 0.25) is 0 Å². The summed E-state index contributed by atoms with van der Waals surface area (Å²) in [5.41, 5.74) is 6.04. The Morgan fingerprint density at radius 2 is 2.35 bits per heavy atom. The maximum absolute atomic E-state index is 11.6. The van der Waals surface area contributed by atoms with Crippen LogP contribution in [0.15, 0.2) is 11.1 Å². The van der Waals surface area contributed by atoms with Gasteiger partial charge in [-0.25, -0.2) is 4.98 Å². The number of hydrogen-bond donors (Lipinski definition) is 3. The average Bonchev–Trinajstić information content (AvgIpc) is 2.61. The summed E-state index contributed by atoms with van der Waals surface area (Å²) in [7, 11) is 0. The molecule has 7 nitrogen and oxygen atoms in total. The summed E-state index contributed by atoms with van der Waals surface area (Å²) < 4.78 is 1.87. The first kappa shape index (κ1) is 10.3. The summed E-state index contributed by atoms with van der Waals surface area (Å²) in [5, 5.41) is 8.99. The van der Waals surface area contributed by atoms with E-state index in [2.05, 4.69) is 15.0 Å². The van der Waals surface area contributed by atoms with E-state index in [9.17, 15) is 4.79 Å². The van der Waals surface area contributed by atoms with E-state index in [0.717, 1.165) is 12.8 Å². The van der Waals surface area contributed by atoms with Crippen molar-refractivity contribution in [3.05, 3.63) is 16.7 Å². The van der Waals surface area contributed by atoms with E-state index >= 15 is 0 Å². The normalized spacial score (nSPS) is 23.8. The molecule has 1 aliphatic carbocycles. The van der Waals surface area contributed by atoms with Gasteiger partial charge in [0.25, 0.3) is 5.56 Å². The highest BCUT2D eigenvalue weighted by Crippen LogP contribution is 2.38. The molecule has 0 atom stereocenters. The summed E-state index contributed by atoms with van der Waals surface area (Å²) in [6, 6.07) is 0.255. The molecule has 0 radical (unpaired) electrons. The second-order valence-corrected chi connectivity index (χ2v) is 4.45. The van der Waals surface area contributed by atoms with Crippen LogP contribution < -0.4 is 11.3 Å². The monoisotopic (exact) mass is 235 g/mol. The van der Waals surface area contributed by atoms with Gasteiger partial charge in [-0.05, 0) is 18.8 Å². The largest absolute Gasteiger partial charge is 0.396 e. The SMILES string of the molecule is Nc1nc2c(ncn2[C@H]2C[C@@H](CO)C2)c(=O)[nH]1. The van der Waals surface area contributed by atoms with Crippen molar-refractivity contribution in [2.24, 2.45) is 5.92 Å². The van der Waals surface area contributed by atoms with Gasteiger partial charge in [0.15, 0.2) is 11.2 Å². The summed E-state index contributed by atoms with van der Waals surface area (Å²) in [4.78, 5) is 22.1. The van der Waals surface area contributed by atoms with Gasteiger partial charge in [0.2, 0.25) is 5.95 Å². The maximum Gasteiger partial charge on any atom is 0.280 e. The number of aliphatic hydroxyl groups is 1. The van der Waals surface area contributed by atoms with Crippen LogP contribution in [0.1, 0.15) is 18.9 Å². The molecule has 0 aromatic carbocycles. The first-order chi connectivity index (χ1) is 8.19. The number of nitrogens with one attached hydrogen (secondary N) is 1. The zero-order valence-electron chi connectivity index (χ0n) is 9.13. The molecule has 0 unspecified atom stereocenters. The number of aromatic nitrogens is 4. The van der Waals surface area contributed by atoms with Gasteiger partial charge in [0.1, 0.15) is 0 Å². The third-order valence-corrected chi connectivity index (χ3v) is 3.31. The van der Waals surface area contributed by atoms with Crippen LogP contribution in [0.25, 0.3) is 11.2 Å². The average molecular weight is 235 g/mol. The number of hydrogen-bond acceptors (Lipinski definition) is 5. The maximum atomic E-state index is 11.6. The lowest BCUT2D eigenvalue weighted by molar-refractivity contribution is 0.114. The number of anilines is 1. The van der Waals surface area contributed by atoms with Gasteiger partial charge in [0, 0.05) is 12.6 Å². The van der Waals surface area contributed by atoms with E-state index < -0.39 is 0 Å². The number of H-pyrrole nitrogens is 1. The van der Waals surface area contributed by atoms with E-state index in [-0.39, 0.29) is 24.2 Å². The number of nitrogens with two attached hydrogens (primary N) is 1. The van der Waals surface area contributed by atoms with Crippen LogP contribution >= 0.6 is 0 Å². The van der Waals surface area contributed by atoms with Crippen LogP contribution in [-0.2, 0) is 0 Å². The van der Waals surface area contributed by atoms with Gasteiger partial charge in [0.05, 0.1) is 6.33 Å². The van der Waals surface area contributed by atoms with E-state index in [1.165, 1.54) is 0 Å². The molecule has 0 bridgehead atoms. The molecule has 2 aromatic heterocycles. The molecule has 1 saturated carbocycles. The fraction of sp³-hybridized carbons (Fsp3) is 0.500. The molecule has 0 saturated heterocycles. The van der Waals surface area contributed by atoms with Crippen molar-refractivity contribution in [2.45, 2.75) is 18.9 Å². The number of fused-ring (bicyclic) bond motifs is 1. The summed E-state index contributed by atoms with van der Waals surface area (Å²) in [6.45, 7) is 0.208. The second kappa shape index (κ2) is 3.56. The highest BCUT2D eigenvalue weighted by atomic mass is 16.3. The van der Waals surface area contributed by atoms with Crippen molar-refractivity contribution in [1.82, 2.24) is 19.5 Å². The number of aliphatic hydroxyl groups excluding tert-OH is 1. The predicted molar refractivity (Wildman–Crippen MR) is 61.4 cm³/mol. The van der Waals surface area contributed by atoms with Gasteiger partial charge < -0.3 is 15.4 Å². The Morgan fingerprint density at radius 1 is 1.59 bits per heavy atom. The molecule has 0 amide bonds. The Balaban J connectivity index is 2.04. The smallest absolute Gasteiger partial charge is 0.280 e. The Bertz CT molecular complexity index is 611. The first-order valence-electron chi connectivity index (χ1n) is 5.52. The summed E-state index contributed by atoms with van der Waals surface area (Å²) >= 11 is 0. The van der Waals surface area contributed by atoms with Crippen molar-refractivity contribution in [3.63, 3.8) is 0 Å². The molecule has 4 N–H and O–H groups in total. The van der Waals surface area contributed by atoms with E-state index in [1.54, 1.807) is 6.33 Å². The number of nitrogen functional groups attached to an aromatic ring is 1. The fourth-order valence-corrected chi connectivity index (χ4v) is 2.29. The molecule has 0 spiro atoms. The van der Waals surface area contributed by atoms with E-state index in [0.29, 0.717) is 17.1 Å². The molecule has 90 valence electrons. The molecule has 0 aliphatic heterocycles. The number of rotatable bonds is 2. The van der Waals surface area contributed by atoms with Crippen molar-refractivity contribution in [3.8, 4) is 0 Å². The second-order valence-electron chi connectivity index (χ2n) is 4.45. The van der Waals surface area contributed by atoms with Crippen LogP contribution in [-0.4, -0.2) is 31.2 Å². The molecule has 2 aromatic rings. The van der Waals surface area contributed by atoms with Crippen molar-refractivity contribution in [2.75, 3.05) is 12.3 Å². The first-order valence-corrected chi connectivity index (χ1v) is 5.52. The van der Waals surface area contributed by atoms with Gasteiger partial charge in [-0.2, -0.15) is 4.98 Å². The van der Waals surface area contributed by atoms with Crippen molar-refractivity contribution < 1.29 is 5.11 Å². The summed E-state index contributed by atoms with van der Waals surface area (Å²) in [6.07, 6.45) is 3.39. The standard InChI is InChI=1S/C10H13N5O2/c11-10-13-8-7(9(17)14-10)12-4-15(8)6-1-5(2-6)3-16/h4-6,16H,1-3H2,(H3,11,13,14,17)/t5-,6+. The zero-order chi connectivity index (χ0) is 12.0. The Kier molecular flexibility index (Phi) is 2.15. The molecule has 1 fully saturated rings. The lowest BCUT2D eigenvalue weighted by Crippen LogP contribution is -2.29. The van der Waals surface area contributed by atoms with Crippen LogP contribution in [0.4, 0.5) is 5.95 Å². The highest BCUT2D eigenvalue weighted by Gasteiger charge is 2.31. The minimum absolute atomic E-state index is 0.0993. The molecular formula is C10H13N5O2. The Morgan fingerprint density at radius 3 is 3.06 bits per heavy atom. The molecule has 2 heterocycles. The molecule has 17 heavy (non-hydrogen) atoms. The van der Waals surface area contributed by atoms with Gasteiger partial charge >= 0.3 is 0 Å². The molecule has 1 aliphatic rings. The fourth-order valence-electron chi connectivity index (χ4n) is 2.29. The minimum atomic E-state index is -0.315. The molecular weight excluding hydrogens is 222 g/mol. The van der Waals surface area contributed by atoms with Gasteiger partial charge in [-0.15, -0.1) is 0 Å². The zero-order valence-corrected chi connectivity index (χ0v) is 9.13. The summed E-state index contributed by atoms with van der Waals surface area (Å²) in [5.74, 6) is 0.444. The van der Waals surface area contributed by atoms with E-state index in [4.69, 9.17) is 10.8 Å². The van der Waals surface area contributed by atoms with E-state index in [1.807, 2.05) is 4.57 Å². The Labute approximate surface area is 96.3 Å². The van der Waals surface area contributed by atoms with Crippen LogP contribution in [0, 0.1) is 5.92 Å². The Hall–Kier alpha value is -1.89. The quantitative estimate of drug-likeness (QED) is 0.658. The van der Waals surface area contributed by atoms with Crippen LogP contribution in [0.3, 0.4) is 0 Å². The van der Waals surface area contributed by atoms with Crippen LogP contribution in [0.5, 0.6) is 0 Å². The number of nitrogens with zero attached hydrogens (tertiary/aromatic N) is 3. The lowest BCUT2D eigenvalue weighted by atomic mass is 9.81. The number of imidazole rings is 1.